The van der Waals surface area contributed by atoms with Crippen molar-refractivity contribution in [1.29, 1.82) is 0 Å². The second-order valence-electron chi connectivity index (χ2n) is 3.53. The normalized spacial score (nSPS) is 24.3. The standard InChI is InChI=1S/C9H19NO/c1-3-10-7(2)9(11)8-5-4-6-8/h7-11H,3-6H2,1-2H3. The van der Waals surface area contributed by atoms with E-state index in [-0.39, 0.29) is 12.1 Å². The number of likely N-dealkylation sites (N-methyl/N-ethyl adjacent to an activating group) is 1. The zero-order chi connectivity index (χ0) is 8.27. The molecular formula is C9H19NO. The number of nitrogens with one attached hydrogen (secondary N) is 1. The maximum atomic E-state index is 9.71. The summed E-state index contributed by atoms with van der Waals surface area (Å²) in [6.45, 7) is 5.08. The van der Waals surface area contributed by atoms with E-state index in [1.807, 2.05) is 0 Å². The first-order valence-electron chi connectivity index (χ1n) is 4.67. The zero-order valence-corrected chi connectivity index (χ0v) is 7.51. The van der Waals surface area contributed by atoms with Gasteiger partial charge in [0, 0.05) is 6.04 Å². The van der Waals surface area contributed by atoms with Crippen LogP contribution in [0.5, 0.6) is 0 Å². The number of aliphatic hydroxyl groups excluding tert-OH is 1. The Bertz CT molecular complexity index is 112. The van der Waals surface area contributed by atoms with Crippen molar-refractivity contribution >= 4 is 0 Å². The van der Waals surface area contributed by atoms with Crippen LogP contribution in [0.4, 0.5) is 0 Å². The molecular weight excluding hydrogens is 138 g/mol. The van der Waals surface area contributed by atoms with Crippen LogP contribution in [0.2, 0.25) is 0 Å². The molecule has 2 nitrogen and oxygen atoms in total. The first kappa shape index (κ1) is 9.01. The Balaban J connectivity index is 2.21. The molecule has 2 atom stereocenters. The summed E-state index contributed by atoms with van der Waals surface area (Å²) in [5.74, 6) is 0.573. The predicted octanol–water partition coefficient (Wildman–Crippen LogP) is 1.15. The SMILES string of the molecule is CCNC(C)C(O)C1CCC1. The van der Waals surface area contributed by atoms with E-state index in [1.165, 1.54) is 19.3 Å². The Kier molecular flexibility index (Phi) is 3.34. The molecule has 2 heteroatoms. The molecule has 0 aromatic carbocycles. The number of rotatable bonds is 4. The molecule has 1 fully saturated rings. The van der Waals surface area contributed by atoms with Crippen LogP contribution in [-0.4, -0.2) is 23.8 Å². The summed E-state index contributed by atoms with van der Waals surface area (Å²) in [6, 6.07) is 0.269. The highest BCUT2D eigenvalue weighted by atomic mass is 16.3. The second-order valence-corrected chi connectivity index (χ2v) is 3.53. The number of hydrogen-bond acceptors (Lipinski definition) is 2. The van der Waals surface area contributed by atoms with Gasteiger partial charge >= 0.3 is 0 Å². The molecule has 1 saturated carbocycles. The van der Waals surface area contributed by atoms with Crippen LogP contribution in [0.3, 0.4) is 0 Å². The van der Waals surface area contributed by atoms with Gasteiger partial charge in [-0.05, 0) is 32.2 Å². The van der Waals surface area contributed by atoms with Crippen molar-refractivity contribution < 1.29 is 5.11 Å². The summed E-state index contributed by atoms with van der Waals surface area (Å²) in [6.07, 6.45) is 3.62. The number of hydrogen-bond donors (Lipinski definition) is 2. The topological polar surface area (TPSA) is 32.3 Å². The fraction of sp³-hybridized carbons (Fsp3) is 1.00. The predicted molar refractivity (Wildman–Crippen MR) is 46.5 cm³/mol. The van der Waals surface area contributed by atoms with Gasteiger partial charge in [0.1, 0.15) is 0 Å². The minimum absolute atomic E-state index is 0.122. The molecule has 1 aliphatic carbocycles. The molecule has 11 heavy (non-hydrogen) atoms. The van der Waals surface area contributed by atoms with Crippen molar-refractivity contribution in [3.63, 3.8) is 0 Å². The van der Waals surface area contributed by atoms with Crippen LogP contribution in [0.1, 0.15) is 33.1 Å². The molecule has 0 spiro atoms. The Labute approximate surface area is 69.0 Å². The van der Waals surface area contributed by atoms with Crippen LogP contribution >= 0.6 is 0 Å². The van der Waals surface area contributed by atoms with Gasteiger partial charge in [-0.3, -0.25) is 0 Å². The highest BCUT2D eigenvalue weighted by Gasteiger charge is 2.28. The lowest BCUT2D eigenvalue weighted by atomic mass is 9.79. The summed E-state index contributed by atoms with van der Waals surface area (Å²) < 4.78 is 0. The third-order valence-corrected chi connectivity index (χ3v) is 2.67. The molecule has 2 unspecified atom stereocenters. The van der Waals surface area contributed by atoms with Crippen molar-refractivity contribution in [3.05, 3.63) is 0 Å². The fourth-order valence-corrected chi connectivity index (χ4v) is 1.63. The van der Waals surface area contributed by atoms with E-state index in [2.05, 4.69) is 19.2 Å². The molecule has 0 aliphatic heterocycles. The van der Waals surface area contributed by atoms with E-state index in [0.717, 1.165) is 6.54 Å². The van der Waals surface area contributed by atoms with Gasteiger partial charge in [0.2, 0.25) is 0 Å². The molecule has 0 saturated heterocycles. The van der Waals surface area contributed by atoms with Crippen LogP contribution < -0.4 is 5.32 Å². The maximum Gasteiger partial charge on any atom is 0.0718 e. The first-order chi connectivity index (χ1) is 5.25. The Morgan fingerprint density at radius 1 is 1.55 bits per heavy atom. The minimum atomic E-state index is -0.122. The van der Waals surface area contributed by atoms with Crippen molar-refractivity contribution in [3.8, 4) is 0 Å². The number of aliphatic hydroxyl groups is 1. The van der Waals surface area contributed by atoms with Crippen molar-refractivity contribution in [2.45, 2.75) is 45.3 Å². The Morgan fingerprint density at radius 2 is 2.18 bits per heavy atom. The van der Waals surface area contributed by atoms with E-state index in [4.69, 9.17) is 0 Å². The molecule has 2 N–H and O–H groups in total. The largest absolute Gasteiger partial charge is 0.391 e. The van der Waals surface area contributed by atoms with Crippen LogP contribution in [0.25, 0.3) is 0 Å². The summed E-state index contributed by atoms with van der Waals surface area (Å²) in [7, 11) is 0. The fourth-order valence-electron chi connectivity index (χ4n) is 1.63. The molecule has 66 valence electrons. The Hall–Kier alpha value is -0.0800. The van der Waals surface area contributed by atoms with Crippen LogP contribution in [0, 0.1) is 5.92 Å². The minimum Gasteiger partial charge on any atom is -0.391 e. The molecule has 0 heterocycles. The van der Waals surface area contributed by atoms with E-state index in [0.29, 0.717) is 5.92 Å². The molecule has 0 aromatic rings. The second kappa shape index (κ2) is 4.07. The van der Waals surface area contributed by atoms with Crippen molar-refractivity contribution in [2.24, 2.45) is 5.92 Å². The van der Waals surface area contributed by atoms with E-state index in [9.17, 15) is 5.11 Å². The quantitative estimate of drug-likeness (QED) is 0.641. The molecule has 0 amide bonds. The average molecular weight is 157 g/mol. The molecule has 0 bridgehead atoms. The third kappa shape index (κ3) is 2.17. The van der Waals surface area contributed by atoms with E-state index in [1.54, 1.807) is 0 Å². The highest BCUT2D eigenvalue weighted by Crippen LogP contribution is 2.30. The van der Waals surface area contributed by atoms with Gasteiger partial charge in [0.05, 0.1) is 6.10 Å². The first-order valence-corrected chi connectivity index (χ1v) is 4.67. The summed E-state index contributed by atoms with van der Waals surface area (Å²) in [4.78, 5) is 0. The summed E-state index contributed by atoms with van der Waals surface area (Å²) >= 11 is 0. The molecule has 1 aliphatic rings. The lowest BCUT2D eigenvalue weighted by Gasteiger charge is -2.34. The van der Waals surface area contributed by atoms with E-state index >= 15 is 0 Å². The van der Waals surface area contributed by atoms with Gasteiger partial charge in [-0.2, -0.15) is 0 Å². The Morgan fingerprint density at radius 3 is 2.55 bits per heavy atom. The summed E-state index contributed by atoms with van der Waals surface area (Å²) in [5, 5.41) is 13.0. The van der Waals surface area contributed by atoms with Gasteiger partial charge in [-0.1, -0.05) is 13.3 Å². The van der Waals surface area contributed by atoms with Crippen LogP contribution in [0.15, 0.2) is 0 Å². The molecule has 0 radical (unpaired) electrons. The van der Waals surface area contributed by atoms with Gasteiger partial charge in [0.25, 0.3) is 0 Å². The van der Waals surface area contributed by atoms with Crippen molar-refractivity contribution in [1.82, 2.24) is 5.32 Å². The summed E-state index contributed by atoms with van der Waals surface area (Å²) in [5.41, 5.74) is 0. The van der Waals surface area contributed by atoms with Gasteiger partial charge in [-0.15, -0.1) is 0 Å². The lowest BCUT2D eigenvalue weighted by molar-refractivity contribution is 0.0365. The highest BCUT2D eigenvalue weighted by molar-refractivity contribution is 4.83. The van der Waals surface area contributed by atoms with Gasteiger partial charge < -0.3 is 10.4 Å². The smallest absolute Gasteiger partial charge is 0.0718 e. The molecule has 1 rings (SSSR count). The monoisotopic (exact) mass is 157 g/mol. The van der Waals surface area contributed by atoms with Crippen molar-refractivity contribution in [2.75, 3.05) is 6.54 Å². The van der Waals surface area contributed by atoms with E-state index < -0.39 is 0 Å². The molecule has 0 aromatic heterocycles. The van der Waals surface area contributed by atoms with Gasteiger partial charge in [-0.25, -0.2) is 0 Å². The zero-order valence-electron chi connectivity index (χ0n) is 7.51. The average Bonchev–Trinajstić information content (AvgIpc) is 1.84. The van der Waals surface area contributed by atoms with Crippen LogP contribution in [-0.2, 0) is 0 Å². The lowest BCUT2D eigenvalue weighted by Crippen LogP contribution is -2.43. The third-order valence-electron chi connectivity index (χ3n) is 2.67. The maximum absolute atomic E-state index is 9.71. The van der Waals surface area contributed by atoms with Gasteiger partial charge in [0.15, 0.2) is 0 Å².